The Bertz CT molecular complexity index is 788. The summed E-state index contributed by atoms with van der Waals surface area (Å²) in [6, 6.07) is 14.9. The fraction of sp³-hybridized carbons (Fsp3) is 0.333. The van der Waals surface area contributed by atoms with Gasteiger partial charge in [0.2, 0.25) is 0 Å². The number of aryl methyl sites for hydroxylation is 1. The lowest BCUT2D eigenvalue weighted by Crippen LogP contribution is -2.11. The van der Waals surface area contributed by atoms with Crippen LogP contribution in [0.1, 0.15) is 56.4 Å². The first-order chi connectivity index (χ1) is 11.8. The van der Waals surface area contributed by atoms with E-state index in [0.29, 0.717) is 0 Å². The zero-order valence-electron chi connectivity index (χ0n) is 16.4. The lowest BCUT2D eigenvalue weighted by Gasteiger charge is -2.20. The molecule has 2 rings (SSSR count). The monoisotopic (exact) mass is 334 g/mol. The maximum Gasteiger partial charge on any atom is 0.119 e. The molecule has 0 N–H and O–H groups in total. The van der Waals surface area contributed by atoms with Crippen molar-refractivity contribution in [1.82, 2.24) is 0 Å². The molecule has 0 aliphatic heterocycles. The van der Waals surface area contributed by atoms with E-state index in [0.717, 1.165) is 17.7 Å². The van der Waals surface area contributed by atoms with Crippen LogP contribution in [-0.4, -0.2) is 7.11 Å². The van der Waals surface area contributed by atoms with Gasteiger partial charge in [-0.05, 0) is 64.3 Å². The van der Waals surface area contributed by atoms with Gasteiger partial charge in [0.1, 0.15) is 5.75 Å². The number of benzene rings is 2. The maximum absolute atomic E-state index is 5.37. The lowest BCUT2D eigenvalue weighted by molar-refractivity contribution is 0.414. The van der Waals surface area contributed by atoms with Crippen LogP contribution in [0.4, 0.5) is 0 Å². The van der Waals surface area contributed by atoms with Crippen molar-refractivity contribution in [2.75, 3.05) is 7.11 Å². The first-order valence-electron chi connectivity index (χ1n) is 8.91. The van der Waals surface area contributed by atoms with Crippen molar-refractivity contribution in [2.24, 2.45) is 0 Å². The van der Waals surface area contributed by atoms with Gasteiger partial charge in [-0.1, -0.05) is 70.7 Å². The van der Waals surface area contributed by atoms with Crippen LogP contribution in [-0.2, 0) is 5.41 Å². The summed E-state index contributed by atoms with van der Waals surface area (Å²) in [4.78, 5) is 0. The highest BCUT2D eigenvalue weighted by molar-refractivity contribution is 5.83. The minimum Gasteiger partial charge on any atom is -0.497 e. The fourth-order valence-electron chi connectivity index (χ4n) is 2.85. The molecule has 0 amide bonds. The average molecular weight is 335 g/mol. The van der Waals surface area contributed by atoms with Crippen molar-refractivity contribution in [3.05, 3.63) is 76.9 Å². The van der Waals surface area contributed by atoms with Crippen molar-refractivity contribution in [3.63, 3.8) is 0 Å². The summed E-state index contributed by atoms with van der Waals surface area (Å²) in [5, 5.41) is 0. The van der Waals surface area contributed by atoms with E-state index >= 15 is 0 Å². The summed E-state index contributed by atoms with van der Waals surface area (Å²) in [6.45, 7) is 15.4. The molecule has 2 aromatic carbocycles. The first kappa shape index (κ1) is 19.1. The summed E-state index contributed by atoms with van der Waals surface area (Å²) in [5.74, 6) is 0.882. The van der Waals surface area contributed by atoms with E-state index in [-0.39, 0.29) is 5.41 Å². The number of hydrogen-bond donors (Lipinski definition) is 0. The maximum atomic E-state index is 5.37. The Morgan fingerprint density at radius 2 is 1.84 bits per heavy atom. The van der Waals surface area contributed by atoms with Crippen LogP contribution in [0.5, 0.6) is 5.75 Å². The third kappa shape index (κ3) is 4.63. The molecule has 0 unspecified atom stereocenters. The van der Waals surface area contributed by atoms with Crippen LogP contribution in [0.25, 0.3) is 11.6 Å². The standard InChI is InChI=1S/C24H30O/c1-8-19(14-21-16-23(25-7)13-12-17(21)2)18(3)20-10-9-11-22(15-20)24(4,5)6/h9-16H,3,8H2,1-2,4-7H3/b19-14-. The molecular formula is C24H30O. The molecule has 1 nitrogen and oxygen atoms in total. The van der Waals surface area contributed by atoms with Gasteiger partial charge < -0.3 is 4.74 Å². The number of rotatable bonds is 5. The van der Waals surface area contributed by atoms with Crippen LogP contribution in [0.15, 0.2) is 54.6 Å². The highest BCUT2D eigenvalue weighted by Crippen LogP contribution is 2.31. The van der Waals surface area contributed by atoms with Gasteiger partial charge in [-0.3, -0.25) is 0 Å². The van der Waals surface area contributed by atoms with Gasteiger partial charge in [0.25, 0.3) is 0 Å². The van der Waals surface area contributed by atoms with Crippen molar-refractivity contribution in [2.45, 2.75) is 46.5 Å². The molecule has 0 aliphatic carbocycles. The van der Waals surface area contributed by atoms with Crippen molar-refractivity contribution >= 4 is 11.6 Å². The SMILES string of the molecule is C=C(/C(=C\c1cc(OC)ccc1C)CC)c1cccc(C(C)(C)C)c1. The van der Waals surface area contributed by atoms with Crippen LogP contribution >= 0.6 is 0 Å². The van der Waals surface area contributed by atoms with Gasteiger partial charge in [0.15, 0.2) is 0 Å². The van der Waals surface area contributed by atoms with Gasteiger partial charge in [0.05, 0.1) is 7.11 Å². The molecule has 1 heteroatoms. The molecule has 0 aromatic heterocycles. The number of allylic oxidation sites excluding steroid dienone is 2. The smallest absolute Gasteiger partial charge is 0.119 e. The molecule has 0 spiro atoms. The van der Waals surface area contributed by atoms with E-state index < -0.39 is 0 Å². The van der Waals surface area contributed by atoms with Crippen LogP contribution in [0.2, 0.25) is 0 Å². The molecule has 0 aliphatic rings. The minimum absolute atomic E-state index is 0.135. The first-order valence-corrected chi connectivity index (χ1v) is 8.91. The van der Waals surface area contributed by atoms with E-state index in [9.17, 15) is 0 Å². The highest BCUT2D eigenvalue weighted by atomic mass is 16.5. The third-order valence-corrected chi connectivity index (χ3v) is 4.66. The highest BCUT2D eigenvalue weighted by Gasteiger charge is 2.15. The Morgan fingerprint density at radius 1 is 1.12 bits per heavy atom. The summed E-state index contributed by atoms with van der Waals surface area (Å²) in [5.41, 5.74) is 7.43. The molecule has 0 fully saturated rings. The summed E-state index contributed by atoms with van der Waals surface area (Å²) < 4.78 is 5.37. The molecule has 0 heterocycles. The van der Waals surface area contributed by atoms with E-state index in [4.69, 9.17) is 4.74 Å². The predicted molar refractivity (Wildman–Crippen MR) is 110 cm³/mol. The number of ether oxygens (including phenoxy) is 1. The quantitative estimate of drug-likeness (QED) is 0.546. The van der Waals surface area contributed by atoms with Crippen molar-refractivity contribution in [3.8, 4) is 5.75 Å². The Balaban J connectivity index is 2.43. The molecule has 0 saturated carbocycles. The van der Waals surface area contributed by atoms with Crippen LogP contribution in [0, 0.1) is 6.92 Å². The fourth-order valence-corrected chi connectivity index (χ4v) is 2.85. The molecule has 0 bridgehead atoms. The lowest BCUT2D eigenvalue weighted by atomic mass is 9.84. The van der Waals surface area contributed by atoms with Gasteiger partial charge in [-0.15, -0.1) is 0 Å². The van der Waals surface area contributed by atoms with E-state index in [1.54, 1.807) is 7.11 Å². The van der Waals surface area contributed by atoms with Gasteiger partial charge in [0, 0.05) is 0 Å². The van der Waals surface area contributed by atoms with Gasteiger partial charge in [-0.2, -0.15) is 0 Å². The summed E-state index contributed by atoms with van der Waals surface area (Å²) in [6.07, 6.45) is 3.18. The summed E-state index contributed by atoms with van der Waals surface area (Å²) >= 11 is 0. The zero-order valence-corrected chi connectivity index (χ0v) is 16.4. The minimum atomic E-state index is 0.135. The van der Waals surface area contributed by atoms with Crippen molar-refractivity contribution < 1.29 is 4.74 Å². The van der Waals surface area contributed by atoms with E-state index in [1.807, 2.05) is 6.07 Å². The molecule has 2 aromatic rings. The number of hydrogen-bond acceptors (Lipinski definition) is 1. The Hall–Kier alpha value is -2.28. The second-order valence-corrected chi connectivity index (χ2v) is 7.56. The topological polar surface area (TPSA) is 9.23 Å². The second-order valence-electron chi connectivity index (χ2n) is 7.56. The zero-order chi connectivity index (χ0) is 18.6. The third-order valence-electron chi connectivity index (χ3n) is 4.66. The Labute approximate surface area is 153 Å². The Morgan fingerprint density at radius 3 is 2.44 bits per heavy atom. The average Bonchev–Trinajstić information content (AvgIpc) is 2.60. The van der Waals surface area contributed by atoms with E-state index in [2.05, 4.69) is 83.7 Å². The number of methoxy groups -OCH3 is 1. The molecule has 0 atom stereocenters. The van der Waals surface area contributed by atoms with Gasteiger partial charge in [-0.25, -0.2) is 0 Å². The normalized spacial score (nSPS) is 12.2. The van der Waals surface area contributed by atoms with Crippen LogP contribution in [0.3, 0.4) is 0 Å². The Kier molecular flexibility index (Phi) is 5.89. The molecule has 25 heavy (non-hydrogen) atoms. The largest absolute Gasteiger partial charge is 0.497 e. The molecule has 0 radical (unpaired) electrons. The predicted octanol–water partition coefficient (Wildman–Crippen LogP) is 6.81. The molecular weight excluding hydrogens is 304 g/mol. The van der Waals surface area contributed by atoms with Gasteiger partial charge >= 0.3 is 0 Å². The van der Waals surface area contributed by atoms with E-state index in [1.165, 1.54) is 27.8 Å². The second kappa shape index (κ2) is 7.74. The molecule has 0 saturated heterocycles. The summed E-state index contributed by atoms with van der Waals surface area (Å²) in [7, 11) is 1.70. The van der Waals surface area contributed by atoms with Crippen molar-refractivity contribution in [1.29, 1.82) is 0 Å². The van der Waals surface area contributed by atoms with Crippen LogP contribution < -0.4 is 4.74 Å². The molecule has 132 valence electrons.